The van der Waals surface area contributed by atoms with Crippen molar-refractivity contribution in [3.63, 3.8) is 0 Å². The monoisotopic (exact) mass is 275 g/mol. The molecular formula is C19H33N. The quantitative estimate of drug-likeness (QED) is 0.678. The van der Waals surface area contributed by atoms with E-state index in [0.29, 0.717) is 22.3 Å². The predicted molar refractivity (Wildman–Crippen MR) is 86.7 cm³/mol. The lowest BCUT2D eigenvalue weighted by Crippen LogP contribution is -2.56. The zero-order valence-corrected chi connectivity index (χ0v) is 13.8. The summed E-state index contributed by atoms with van der Waals surface area (Å²) in [7, 11) is 2.15. The zero-order chi connectivity index (χ0) is 14.4. The van der Waals surface area contributed by atoms with Crippen molar-refractivity contribution in [2.24, 2.45) is 22.2 Å². The first-order valence-corrected chi connectivity index (χ1v) is 8.68. The Hall–Kier alpha value is -0.300. The summed E-state index contributed by atoms with van der Waals surface area (Å²) in [4.78, 5) is 0. The molecule has 4 aliphatic rings. The highest BCUT2D eigenvalue weighted by Crippen LogP contribution is 2.70. The van der Waals surface area contributed by atoms with Crippen LogP contribution in [0.15, 0.2) is 12.7 Å². The van der Waals surface area contributed by atoms with Gasteiger partial charge in [0.05, 0.1) is 0 Å². The van der Waals surface area contributed by atoms with Crippen LogP contribution in [0.4, 0.5) is 0 Å². The molecule has 4 fully saturated rings. The first kappa shape index (κ1) is 14.6. The molecule has 1 nitrogen and oxygen atoms in total. The van der Waals surface area contributed by atoms with Crippen molar-refractivity contribution >= 4 is 0 Å². The highest BCUT2D eigenvalue weighted by molar-refractivity contribution is 5.11. The Balaban J connectivity index is 1.76. The molecular weight excluding hydrogens is 242 g/mol. The summed E-state index contributed by atoms with van der Waals surface area (Å²) in [5, 5.41) is 3.59. The second kappa shape index (κ2) is 4.87. The van der Waals surface area contributed by atoms with Crippen LogP contribution in [0.2, 0.25) is 0 Å². The molecule has 1 N–H and O–H groups in total. The maximum atomic E-state index is 3.89. The van der Waals surface area contributed by atoms with Crippen molar-refractivity contribution in [1.29, 1.82) is 0 Å². The fourth-order valence-corrected chi connectivity index (χ4v) is 7.10. The van der Waals surface area contributed by atoms with Crippen LogP contribution in [0.25, 0.3) is 0 Å². The van der Waals surface area contributed by atoms with Crippen molar-refractivity contribution < 1.29 is 0 Å². The largest absolute Gasteiger partial charge is 0.317 e. The fourth-order valence-electron chi connectivity index (χ4n) is 7.10. The van der Waals surface area contributed by atoms with Crippen LogP contribution < -0.4 is 5.32 Å². The number of hydrogen-bond acceptors (Lipinski definition) is 1. The van der Waals surface area contributed by atoms with Gasteiger partial charge in [-0.3, -0.25) is 0 Å². The molecule has 0 aromatic rings. The third-order valence-electron chi connectivity index (χ3n) is 6.55. The summed E-state index contributed by atoms with van der Waals surface area (Å²) in [6, 6.07) is 0.691. The number of hydrogen-bond donors (Lipinski definition) is 1. The van der Waals surface area contributed by atoms with E-state index < -0.39 is 0 Å². The van der Waals surface area contributed by atoms with Crippen LogP contribution in [0.3, 0.4) is 0 Å². The minimum Gasteiger partial charge on any atom is -0.317 e. The number of nitrogens with one attached hydrogen (secondary N) is 1. The molecule has 0 aromatic heterocycles. The molecule has 3 unspecified atom stereocenters. The smallest absolute Gasteiger partial charge is 0.00723 e. The van der Waals surface area contributed by atoms with E-state index in [-0.39, 0.29) is 0 Å². The molecule has 114 valence electrons. The summed E-state index contributed by atoms with van der Waals surface area (Å²) in [6.45, 7) is 9.06. The maximum Gasteiger partial charge on any atom is 0.00723 e. The van der Waals surface area contributed by atoms with E-state index in [9.17, 15) is 0 Å². The third kappa shape index (κ3) is 2.58. The van der Waals surface area contributed by atoms with Crippen molar-refractivity contribution in [3.8, 4) is 0 Å². The van der Waals surface area contributed by atoms with E-state index in [1.165, 1.54) is 51.4 Å². The van der Waals surface area contributed by atoms with E-state index >= 15 is 0 Å². The Labute approximate surface area is 125 Å². The molecule has 20 heavy (non-hydrogen) atoms. The molecule has 0 aromatic carbocycles. The van der Waals surface area contributed by atoms with Crippen LogP contribution in [-0.4, -0.2) is 13.1 Å². The second-order valence-corrected chi connectivity index (χ2v) is 9.19. The van der Waals surface area contributed by atoms with Gasteiger partial charge in [0.2, 0.25) is 0 Å². The van der Waals surface area contributed by atoms with Crippen LogP contribution in [-0.2, 0) is 0 Å². The molecule has 0 saturated heterocycles. The molecule has 4 bridgehead atoms. The Morgan fingerprint density at radius 2 is 1.80 bits per heavy atom. The van der Waals surface area contributed by atoms with Gasteiger partial charge >= 0.3 is 0 Å². The van der Waals surface area contributed by atoms with Crippen LogP contribution in [0.5, 0.6) is 0 Å². The van der Waals surface area contributed by atoms with Crippen molar-refractivity contribution in [2.75, 3.05) is 7.05 Å². The second-order valence-electron chi connectivity index (χ2n) is 9.19. The van der Waals surface area contributed by atoms with Gasteiger partial charge in [0.1, 0.15) is 0 Å². The van der Waals surface area contributed by atoms with Gasteiger partial charge in [-0.15, -0.1) is 6.58 Å². The molecule has 0 radical (unpaired) electrons. The lowest BCUT2D eigenvalue weighted by molar-refractivity contribution is -0.150. The Kier molecular flexibility index (Phi) is 3.56. The van der Waals surface area contributed by atoms with Gasteiger partial charge in [-0.05, 0) is 87.0 Å². The van der Waals surface area contributed by atoms with Gasteiger partial charge in [-0.25, -0.2) is 0 Å². The average Bonchev–Trinajstić information content (AvgIpc) is 2.29. The molecule has 1 heteroatoms. The van der Waals surface area contributed by atoms with Crippen LogP contribution in [0.1, 0.15) is 71.6 Å². The van der Waals surface area contributed by atoms with Gasteiger partial charge in [0.15, 0.2) is 0 Å². The van der Waals surface area contributed by atoms with Gasteiger partial charge < -0.3 is 5.32 Å². The molecule has 4 saturated carbocycles. The molecule has 4 rings (SSSR count). The van der Waals surface area contributed by atoms with E-state index in [2.05, 4.69) is 38.9 Å². The average molecular weight is 275 g/mol. The summed E-state index contributed by atoms with van der Waals surface area (Å²) in [5.41, 5.74) is 1.97. The topological polar surface area (TPSA) is 12.0 Å². The summed E-state index contributed by atoms with van der Waals surface area (Å²) < 4.78 is 0. The highest BCUT2D eigenvalue weighted by atomic mass is 14.9. The zero-order valence-electron chi connectivity index (χ0n) is 13.8. The predicted octanol–water partition coefficient (Wildman–Crippen LogP) is 4.93. The van der Waals surface area contributed by atoms with E-state index in [1.807, 2.05) is 0 Å². The van der Waals surface area contributed by atoms with Crippen molar-refractivity contribution in [2.45, 2.75) is 77.7 Å². The van der Waals surface area contributed by atoms with Crippen molar-refractivity contribution in [1.82, 2.24) is 5.32 Å². The summed E-state index contributed by atoms with van der Waals surface area (Å²) >= 11 is 0. The lowest BCUT2D eigenvalue weighted by atomic mass is 9.39. The SMILES string of the molecule is C=CCCC(CC12CC3CC(C)(CC(C)(C3)C1)C2)NC. The van der Waals surface area contributed by atoms with Gasteiger partial charge in [-0.1, -0.05) is 19.9 Å². The van der Waals surface area contributed by atoms with Crippen LogP contribution in [0, 0.1) is 22.2 Å². The van der Waals surface area contributed by atoms with E-state index in [4.69, 9.17) is 0 Å². The first-order valence-electron chi connectivity index (χ1n) is 8.68. The minimum absolute atomic E-state index is 0.651. The summed E-state index contributed by atoms with van der Waals surface area (Å²) in [5.74, 6) is 1.03. The van der Waals surface area contributed by atoms with Gasteiger partial charge in [-0.2, -0.15) is 0 Å². The number of rotatable bonds is 6. The Morgan fingerprint density at radius 3 is 2.30 bits per heavy atom. The summed E-state index contributed by atoms with van der Waals surface area (Å²) in [6.07, 6.45) is 14.9. The molecule has 0 aliphatic heterocycles. The maximum absolute atomic E-state index is 3.89. The molecule has 3 atom stereocenters. The Bertz CT molecular complexity index is 367. The first-order chi connectivity index (χ1) is 9.40. The molecule has 0 spiro atoms. The minimum atomic E-state index is 0.651. The standard InChI is InChI=1S/C19H33N/c1-5-6-7-16(20-4)11-19-10-15-8-17(2,13-19)12-18(3,9-15)14-19/h5,15-16,20H,1,6-14H2,2-4H3. The van der Waals surface area contributed by atoms with Crippen LogP contribution >= 0.6 is 0 Å². The number of allylic oxidation sites excluding steroid dienone is 1. The fraction of sp³-hybridized carbons (Fsp3) is 0.895. The van der Waals surface area contributed by atoms with Crippen molar-refractivity contribution in [3.05, 3.63) is 12.7 Å². The third-order valence-corrected chi connectivity index (χ3v) is 6.55. The van der Waals surface area contributed by atoms with Gasteiger partial charge in [0.25, 0.3) is 0 Å². The van der Waals surface area contributed by atoms with E-state index in [0.717, 1.165) is 12.3 Å². The molecule has 0 amide bonds. The van der Waals surface area contributed by atoms with Gasteiger partial charge in [0, 0.05) is 6.04 Å². The Morgan fingerprint density at radius 1 is 1.15 bits per heavy atom. The molecule has 0 heterocycles. The van der Waals surface area contributed by atoms with E-state index in [1.54, 1.807) is 0 Å². The highest BCUT2D eigenvalue weighted by Gasteiger charge is 2.59. The molecule has 4 aliphatic carbocycles. The lowest BCUT2D eigenvalue weighted by Gasteiger charge is -2.66. The normalized spacial score (nSPS) is 47.5.